The summed E-state index contributed by atoms with van der Waals surface area (Å²) in [7, 11) is 3.17. The summed E-state index contributed by atoms with van der Waals surface area (Å²) in [5, 5.41) is 5.57. The molecule has 1 heterocycles. The van der Waals surface area contributed by atoms with Gasteiger partial charge in [0.1, 0.15) is 17.2 Å². The molecule has 0 aliphatic carbocycles. The Morgan fingerprint density at radius 2 is 1.82 bits per heavy atom. The van der Waals surface area contributed by atoms with Crippen molar-refractivity contribution in [2.75, 3.05) is 14.2 Å². The SMILES string of the molecule is COc1ccc(N=C2NC(=O)/C(=C/c3cccc4ccccc34)S2)c(OC)c1. The molecule has 1 fully saturated rings. The van der Waals surface area contributed by atoms with E-state index in [4.69, 9.17) is 9.47 Å². The van der Waals surface area contributed by atoms with E-state index >= 15 is 0 Å². The molecule has 5 nitrogen and oxygen atoms in total. The number of rotatable bonds is 4. The van der Waals surface area contributed by atoms with Crippen molar-refractivity contribution in [1.82, 2.24) is 5.32 Å². The standard InChI is InChI=1S/C22H18N2O3S/c1-26-16-10-11-18(19(13-16)27-2)23-22-24-21(25)20(28-22)12-15-8-5-7-14-6-3-4-9-17(14)15/h3-13H,1-2H3,(H,23,24,25)/b20-12-. The topological polar surface area (TPSA) is 59.9 Å². The van der Waals surface area contributed by atoms with Crippen LogP contribution < -0.4 is 14.8 Å². The first-order valence-corrected chi connectivity index (χ1v) is 9.49. The Kier molecular flexibility index (Phi) is 5.04. The van der Waals surface area contributed by atoms with Gasteiger partial charge in [-0.05, 0) is 46.3 Å². The number of nitrogens with zero attached hydrogens (tertiary/aromatic N) is 1. The molecule has 28 heavy (non-hydrogen) atoms. The van der Waals surface area contributed by atoms with E-state index < -0.39 is 0 Å². The summed E-state index contributed by atoms with van der Waals surface area (Å²) in [6.45, 7) is 0. The Bertz CT molecular complexity index is 1120. The molecule has 0 aromatic heterocycles. The average Bonchev–Trinajstić information content (AvgIpc) is 3.07. The molecule has 1 aliphatic heterocycles. The number of amides is 1. The Morgan fingerprint density at radius 3 is 2.64 bits per heavy atom. The van der Waals surface area contributed by atoms with Gasteiger partial charge in [-0.15, -0.1) is 0 Å². The van der Waals surface area contributed by atoms with Crippen molar-refractivity contribution < 1.29 is 14.3 Å². The van der Waals surface area contributed by atoms with Crippen LogP contribution in [0.1, 0.15) is 5.56 Å². The van der Waals surface area contributed by atoms with Crippen molar-refractivity contribution in [2.45, 2.75) is 0 Å². The normalized spacial score (nSPS) is 16.6. The van der Waals surface area contributed by atoms with E-state index in [1.54, 1.807) is 32.4 Å². The molecule has 0 spiro atoms. The van der Waals surface area contributed by atoms with Crippen molar-refractivity contribution in [3.8, 4) is 11.5 Å². The van der Waals surface area contributed by atoms with Gasteiger partial charge in [0, 0.05) is 6.07 Å². The third-order valence-corrected chi connectivity index (χ3v) is 5.28. The van der Waals surface area contributed by atoms with Gasteiger partial charge in [-0.2, -0.15) is 0 Å². The van der Waals surface area contributed by atoms with Crippen molar-refractivity contribution in [2.24, 2.45) is 4.99 Å². The van der Waals surface area contributed by atoms with Crippen LogP contribution in [-0.4, -0.2) is 25.3 Å². The summed E-state index contributed by atoms with van der Waals surface area (Å²) in [6, 6.07) is 19.5. The van der Waals surface area contributed by atoms with E-state index in [0.717, 1.165) is 16.3 Å². The van der Waals surface area contributed by atoms with Gasteiger partial charge in [0.25, 0.3) is 5.91 Å². The van der Waals surface area contributed by atoms with Crippen LogP contribution in [0.4, 0.5) is 5.69 Å². The number of carbonyl (C=O) groups excluding carboxylic acids is 1. The largest absolute Gasteiger partial charge is 0.497 e. The number of carbonyl (C=O) groups is 1. The average molecular weight is 390 g/mol. The number of fused-ring (bicyclic) bond motifs is 1. The van der Waals surface area contributed by atoms with E-state index in [1.165, 1.54) is 11.8 Å². The molecule has 3 aromatic rings. The lowest BCUT2D eigenvalue weighted by Crippen LogP contribution is -2.19. The van der Waals surface area contributed by atoms with Crippen molar-refractivity contribution in [3.63, 3.8) is 0 Å². The minimum Gasteiger partial charge on any atom is -0.497 e. The summed E-state index contributed by atoms with van der Waals surface area (Å²) in [5.74, 6) is 1.10. The van der Waals surface area contributed by atoms with Crippen LogP contribution >= 0.6 is 11.8 Å². The van der Waals surface area contributed by atoms with Crippen LogP contribution in [0.2, 0.25) is 0 Å². The second-order valence-corrected chi connectivity index (χ2v) is 7.12. The summed E-state index contributed by atoms with van der Waals surface area (Å²) in [6.07, 6.45) is 1.90. The van der Waals surface area contributed by atoms with Gasteiger partial charge in [0.15, 0.2) is 5.17 Å². The molecule has 3 aromatic carbocycles. The highest BCUT2D eigenvalue weighted by Gasteiger charge is 2.24. The Balaban J connectivity index is 1.66. The highest BCUT2D eigenvalue weighted by Crippen LogP contribution is 2.35. The number of aliphatic imine (C=N–C) groups is 1. The zero-order valence-electron chi connectivity index (χ0n) is 15.4. The van der Waals surface area contributed by atoms with Crippen molar-refractivity contribution in [1.29, 1.82) is 0 Å². The summed E-state index contributed by atoms with van der Waals surface area (Å²) < 4.78 is 10.6. The maximum absolute atomic E-state index is 12.4. The molecule has 140 valence electrons. The van der Waals surface area contributed by atoms with Gasteiger partial charge < -0.3 is 14.8 Å². The van der Waals surface area contributed by atoms with Gasteiger partial charge in [0.05, 0.1) is 19.1 Å². The monoisotopic (exact) mass is 390 g/mol. The minimum atomic E-state index is -0.163. The molecule has 0 unspecified atom stereocenters. The first-order chi connectivity index (χ1) is 13.7. The lowest BCUT2D eigenvalue weighted by Gasteiger charge is -2.07. The molecule has 1 aliphatic rings. The van der Waals surface area contributed by atoms with Gasteiger partial charge in [-0.25, -0.2) is 4.99 Å². The smallest absolute Gasteiger partial charge is 0.264 e. The van der Waals surface area contributed by atoms with E-state index in [1.807, 2.05) is 30.3 Å². The van der Waals surface area contributed by atoms with Crippen LogP contribution in [0.15, 0.2) is 70.6 Å². The van der Waals surface area contributed by atoms with Crippen LogP contribution in [0.5, 0.6) is 11.5 Å². The molecule has 0 bridgehead atoms. The molecule has 6 heteroatoms. The van der Waals surface area contributed by atoms with E-state index in [-0.39, 0.29) is 5.91 Å². The van der Waals surface area contributed by atoms with Gasteiger partial charge in [-0.1, -0.05) is 42.5 Å². The van der Waals surface area contributed by atoms with E-state index in [2.05, 4.69) is 28.5 Å². The van der Waals surface area contributed by atoms with Crippen molar-refractivity contribution >= 4 is 45.4 Å². The molecular formula is C22H18N2O3S. The quantitative estimate of drug-likeness (QED) is 0.653. The first kappa shape index (κ1) is 18.1. The number of hydrogen-bond donors (Lipinski definition) is 1. The number of hydrogen-bond acceptors (Lipinski definition) is 5. The summed E-state index contributed by atoms with van der Waals surface area (Å²) in [4.78, 5) is 17.6. The van der Waals surface area contributed by atoms with E-state index in [9.17, 15) is 4.79 Å². The lowest BCUT2D eigenvalue weighted by molar-refractivity contribution is -0.115. The molecular weight excluding hydrogens is 372 g/mol. The molecule has 4 rings (SSSR count). The van der Waals surface area contributed by atoms with E-state index in [0.29, 0.717) is 27.3 Å². The second-order valence-electron chi connectivity index (χ2n) is 6.09. The molecule has 0 saturated carbocycles. The zero-order valence-corrected chi connectivity index (χ0v) is 16.2. The third-order valence-electron chi connectivity index (χ3n) is 4.37. The summed E-state index contributed by atoms with van der Waals surface area (Å²) in [5.41, 5.74) is 1.62. The minimum absolute atomic E-state index is 0.163. The Hall–Kier alpha value is -3.25. The van der Waals surface area contributed by atoms with Gasteiger partial charge >= 0.3 is 0 Å². The number of nitrogens with one attached hydrogen (secondary N) is 1. The third kappa shape index (κ3) is 3.59. The predicted octanol–water partition coefficient (Wildman–Crippen LogP) is 4.75. The highest BCUT2D eigenvalue weighted by molar-refractivity contribution is 8.18. The number of ether oxygens (including phenoxy) is 2. The number of benzene rings is 3. The molecule has 1 saturated heterocycles. The number of thioether (sulfide) groups is 1. The van der Waals surface area contributed by atoms with Crippen LogP contribution in [-0.2, 0) is 4.79 Å². The fraction of sp³-hybridized carbons (Fsp3) is 0.0909. The Labute approximate surface area is 167 Å². The van der Waals surface area contributed by atoms with Crippen LogP contribution in [0.25, 0.3) is 16.8 Å². The number of amidine groups is 1. The van der Waals surface area contributed by atoms with Crippen LogP contribution in [0.3, 0.4) is 0 Å². The molecule has 1 amide bonds. The van der Waals surface area contributed by atoms with Crippen molar-refractivity contribution in [3.05, 3.63) is 71.1 Å². The Morgan fingerprint density at radius 1 is 1.00 bits per heavy atom. The first-order valence-electron chi connectivity index (χ1n) is 8.67. The molecule has 0 atom stereocenters. The fourth-order valence-electron chi connectivity index (χ4n) is 2.98. The van der Waals surface area contributed by atoms with Crippen LogP contribution in [0, 0.1) is 0 Å². The molecule has 1 N–H and O–H groups in total. The van der Waals surface area contributed by atoms with Gasteiger partial charge in [-0.3, -0.25) is 4.79 Å². The maximum Gasteiger partial charge on any atom is 0.264 e. The summed E-state index contributed by atoms with van der Waals surface area (Å²) >= 11 is 1.31. The number of methoxy groups -OCH3 is 2. The fourth-order valence-corrected chi connectivity index (χ4v) is 3.81. The second kappa shape index (κ2) is 7.78. The maximum atomic E-state index is 12.4. The zero-order chi connectivity index (χ0) is 19.5. The molecule has 0 radical (unpaired) electrons. The van der Waals surface area contributed by atoms with Gasteiger partial charge in [0.2, 0.25) is 0 Å². The predicted molar refractivity (Wildman–Crippen MR) is 114 cm³/mol. The highest BCUT2D eigenvalue weighted by atomic mass is 32.2. The lowest BCUT2D eigenvalue weighted by atomic mass is 10.0.